The van der Waals surface area contributed by atoms with Gasteiger partial charge in [0.2, 0.25) is 0 Å². The molecule has 20 heavy (non-hydrogen) atoms. The zero-order valence-electron chi connectivity index (χ0n) is 11.8. The Morgan fingerprint density at radius 1 is 1.35 bits per heavy atom. The van der Waals surface area contributed by atoms with Crippen molar-refractivity contribution in [1.29, 1.82) is 0 Å². The van der Waals surface area contributed by atoms with Crippen molar-refractivity contribution in [2.45, 2.75) is 32.7 Å². The smallest absolute Gasteiger partial charge is 0.196 e. The molecule has 108 valence electrons. The summed E-state index contributed by atoms with van der Waals surface area (Å²) in [6.07, 6.45) is 2.52. The van der Waals surface area contributed by atoms with Crippen LogP contribution in [-0.4, -0.2) is 17.1 Å². The van der Waals surface area contributed by atoms with E-state index in [2.05, 4.69) is 47.0 Å². The maximum Gasteiger partial charge on any atom is 0.196 e. The summed E-state index contributed by atoms with van der Waals surface area (Å²) in [6, 6.07) is 5.61. The Morgan fingerprint density at radius 2 is 2.10 bits per heavy atom. The third kappa shape index (κ3) is 4.33. The third-order valence-electron chi connectivity index (χ3n) is 2.74. The number of oxazole rings is 1. The molecule has 0 spiro atoms. The zero-order valence-corrected chi connectivity index (χ0v) is 14.2. The van der Waals surface area contributed by atoms with Crippen LogP contribution in [0.5, 0.6) is 0 Å². The van der Waals surface area contributed by atoms with Crippen molar-refractivity contribution < 1.29 is 4.42 Å². The van der Waals surface area contributed by atoms with Crippen LogP contribution in [0.2, 0.25) is 5.02 Å². The predicted octanol–water partition coefficient (Wildman–Crippen LogP) is 4.69. The molecule has 0 unspecified atom stereocenters. The van der Waals surface area contributed by atoms with E-state index >= 15 is 0 Å². The number of nitrogens with zero attached hydrogens (tertiary/aromatic N) is 1. The normalized spacial score (nSPS) is 11.8. The van der Waals surface area contributed by atoms with Gasteiger partial charge >= 0.3 is 0 Å². The van der Waals surface area contributed by atoms with Crippen molar-refractivity contribution in [3.05, 3.63) is 39.8 Å². The lowest BCUT2D eigenvalue weighted by atomic mass is 10.1. The lowest BCUT2D eigenvalue weighted by Crippen LogP contribution is -2.37. The molecule has 1 heterocycles. The Balaban J connectivity index is 2.05. The fourth-order valence-corrected chi connectivity index (χ4v) is 2.66. The molecule has 1 aromatic carbocycles. The molecule has 0 fully saturated rings. The van der Waals surface area contributed by atoms with Crippen molar-refractivity contribution in [3.8, 4) is 11.3 Å². The SMILES string of the molecule is CC(C)(C)NCCc1ncc(-c2ccc(Cl)cc2Br)o1. The second-order valence-corrected chi connectivity index (χ2v) is 6.96. The molecule has 0 atom stereocenters. The van der Waals surface area contributed by atoms with Crippen LogP contribution in [-0.2, 0) is 6.42 Å². The number of halogens is 2. The van der Waals surface area contributed by atoms with Crippen molar-refractivity contribution in [3.63, 3.8) is 0 Å². The van der Waals surface area contributed by atoms with E-state index in [0.717, 1.165) is 34.7 Å². The fourth-order valence-electron chi connectivity index (χ4n) is 1.78. The van der Waals surface area contributed by atoms with E-state index < -0.39 is 0 Å². The first-order valence-corrected chi connectivity index (χ1v) is 7.67. The summed E-state index contributed by atoms with van der Waals surface area (Å²) in [7, 11) is 0. The average molecular weight is 358 g/mol. The summed E-state index contributed by atoms with van der Waals surface area (Å²) >= 11 is 9.42. The van der Waals surface area contributed by atoms with Crippen LogP contribution >= 0.6 is 27.5 Å². The largest absolute Gasteiger partial charge is 0.441 e. The highest BCUT2D eigenvalue weighted by atomic mass is 79.9. The lowest BCUT2D eigenvalue weighted by molar-refractivity contribution is 0.412. The van der Waals surface area contributed by atoms with Crippen molar-refractivity contribution in [2.24, 2.45) is 0 Å². The van der Waals surface area contributed by atoms with Gasteiger partial charge in [-0.05, 0) is 54.9 Å². The maximum atomic E-state index is 5.94. The predicted molar refractivity (Wildman–Crippen MR) is 86.1 cm³/mol. The van der Waals surface area contributed by atoms with E-state index in [0.29, 0.717) is 5.02 Å². The Morgan fingerprint density at radius 3 is 2.75 bits per heavy atom. The zero-order chi connectivity index (χ0) is 14.8. The first-order valence-electron chi connectivity index (χ1n) is 6.50. The van der Waals surface area contributed by atoms with Gasteiger partial charge in [-0.15, -0.1) is 0 Å². The molecule has 0 aliphatic rings. The minimum absolute atomic E-state index is 0.106. The Bertz CT molecular complexity index is 590. The first kappa shape index (κ1) is 15.5. The number of rotatable bonds is 4. The molecule has 1 N–H and O–H groups in total. The van der Waals surface area contributed by atoms with Gasteiger partial charge in [-0.25, -0.2) is 4.98 Å². The maximum absolute atomic E-state index is 5.94. The second-order valence-electron chi connectivity index (χ2n) is 5.67. The van der Waals surface area contributed by atoms with Crippen LogP contribution in [0.4, 0.5) is 0 Å². The molecule has 0 amide bonds. The second kappa shape index (κ2) is 6.29. The standard InChI is InChI=1S/C15H18BrClN2O/c1-15(2,3)19-7-6-14-18-9-13(20-14)11-5-4-10(17)8-12(11)16/h4-5,8-9,19H,6-7H2,1-3H3. The summed E-state index contributed by atoms with van der Waals surface area (Å²) in [5.41, 5.74) is 1.06. The van der Waals surface area contributed by atoms with Crippen LogP contribution in [0.3, 0.4) is 0 Å². The van der Waals surface area contributed by atoms with Crippen molar-refractivity contribution in [2.75, 3.05) is 6.54 Å². The Hall–Kier alpha value is -0.840. The van der Waals surface area contributed by atoms with Gasteiger partial charge in [0.05, 0.1) is 6.20 Å². The lowest BCUT2D eigenvalue weighted by Gasteiger charge is -2.19. The summed E-state index contributed by atoms with van der Waals surface area (Å²) < 4.78 is 6.68. The van der Waals surface area contributed by atoms with Gasteiger partial charge in [0.25, 0.3) is 0 Å². The summed E-state index contributed by atoms with van der Waals surface area (Å²) in [6.45, 7) is 7.25. The monoisotopic (exact) mass is 356 g/mol. The van der Waals surface area contributed by atoms with Gasteiger partial charge in [-0.3, -0.25) is 0 Å². The molecule has 1 aromatic heterocycles. The number of nitrogens with one attached hydrogen (secondary N) is 1. The minimum atomic E-state index is 0.106. The number of hydrogen-bond acceptors (Lipinski definition) is 3. The number of hydrogen-bond donors (Lipinski definition) is 1. The number of benzene rings is 1. The Labute approximate surface area is 132 Å². The van der Waals surface area contributed by atoms with Crippen LogP contribution in [0, 0.1) is 0 Å². The molecule has 2 rings (SSSR count). The highest BCUT2D eigenvalue weighted by Gasteiger charge is 2.12. The number of aromatic nitrogens is 1. The fraction of sp³-hybridized carbons (Fsp3) is 0.400. The van der Waals surface area contributed by atoms with Crippen molar-refractivity contribution in [1.82, 2.24) is 10.3 Å². The minimum Gasteiger partial charge on any atom is -0.441 e. The molecule has 3 nitrogen and oxygen atoms in total. The molecular weight excluding hydrogens is 340 g/mol. The van der Waals surface area contributed by atoms with Crippen LogP contribution in [0.25, 0.3) is 11.3 Å². The molecule has 0 saturated heterocycles. The van der Waals surface area contributed by atoms with E-state index in [1.807, 2.05) is 18.2 Å². The molecule has 5 heteroatoms. The van der Waals surface area contributed by atoms with Crippen LogP contribution in [0.1, 0.15) is 26.7 Å². The molecule has 0 saturated carbocycles. The van der Waals surface area contributed by atoms with Crippen LogP contribution < -0.4 is 5.32 Å². The van der Waals surface area contributed by atoms with E-state index in [1.54, 1.807) is 6.20 Å². The van der Waals surface area contributed by atoms with Gasteiger partial charge in [-0.2, -0.15) is 0 Å². The van der Waals surface area contributed by atoms with E-state index in [1.165, 1.54) is 0 Å². The van der Waals surface area contributed by atoms with Gasteiger partial charge in [0, 0.05) is 33.6 Å². The van der Waals surface area contributed by atoms with Gasteiger partial charge < -0.3 is 9.73 Å². The van der Waals surface area contributed by atoms with Gasteiger partial charge in [0.15, 0.2) is 11.7 Å². The van der Waals surface area contributed by atoms with E-state index in [9.17, 15) is 0 Å². The molecule has 0 bridgehead atoms. The third-order valence-corrected chi connectivity index (χ3v) is 3.64. The average Bonchev–Trinajstić information content (AvgIpc) is 2.75. The molecule has 0 aliphatic carbocycles. The Kier molecular flexibility index (Phi) is 4.89. The summed E-state index contributed by atoms with van der Waals surface area (Å²) in [5.74, 6) is 1.48. The van der Waals surface area contributed by atoms with Crippen molar-refractivity contribution >= 4 is 27.5 Å². The highest BCUT2D eigenvalue weighted by molar-refractivity contribution is 9.10. The first-order chi connectivity index (χ1) is 9.35. The summed E-state index contributed by atoms with van der Waals surface area (Å²) in [5, 5.41) is 4.10. The quantitative estimate of drug-likeness (QED) is 0.862. The van der Waals surface area contributed by atoms with Crippen LogP contribution in [0.15, 0.2) is 33.3 Å². The molecule has 2 aromatic rings. The highest BCUT2D eigenvalue weighted by Crippen LogP contribution is 2.31. The molecule has 0 aliphatic heterocycles. The topological polar surface area (TPSA) is 38.1 Å². The van der Waals surface area contributed by atoms with E-state index in [4.69, 9.17) is 16.0 Å². The molecule has 0 radical (unpaired) electrons. The van der Waals surface area contributed by atoms with E-state index in [-0.39, 0.29) is 5.54 Å². The molecular formula is C15H18BrClN2O. The summed E-state index contributed by atoms with van der Waals surface area (Å²) in [4.78, 5) is 4.32. The van der Waals surface area contributed by atoms with Gasteiger partial charge in [-0.1, -0.05) is 11.6 Å². The van der Waals surface area contributed by atoms with Gasteiger partial charge in [0.1, 0.15) is 0 Å².